The highest BCUT2D eigenvalue weighted by atomic mass is 15.2. The summed E-state index contributed by atoms with van der Waals surface area (Å²) in [5, 5.41) is 0. The van der Waals surface area contributed by atoms with Crippen LogP contribution in [-0.2, 0) is 0 Å². The normalized spacial score (nSPS) is 29.8. The molecular weight excluding hydrogens is 182 g/mol. The molecule has 15 heavy (non-hydrogen) atoms. The third-order valence-corrected chi connectivity index (χ3v) is 3.76. The molecule has 1 aliphatic rings. The molecule has 0 bridgehead atoms. The van der Waals surface area contributed by atoms with Gasteiger partial charge in [-0.05, 0) is 36.6 Å². The van der Waals surface area contributed by atoms with E-state index in [-0.39, 0.29) is 0 Å². The number of rotatable bonds is 1. The van der Waals surface area contributed by atoms with E-state index < -0.39 is 0 Å². The topological polar surface area (TPSA) is 3.24 Å². The van der Waals surface area contributed by atoms with Gasteiger partial charge in [0.05, 0.1) is 0 Å². The number of likely N-dealkylation sites (tertiary alicyclic amines) is 1. The summed E-state index contributed by atoms with van der Waals surface area (Å²) in [6.45, 7) is 15.5. The number of hydrogen-bond donors (Lipinski definition) is 0. The van der Waals surface area contributed by atoms with Crippen molar-refractivity contribution in [1.29, 1.82) is 0 Å². The molecule has 1 saturated heterocycles. The van der Waals surface area contributed by atoms with E-state index in [1.807, 2.05) is 0 Å². The van der Waals surface area contributed by atoms with Crippen LogP contribution in [0.2, 0.25) is 0 Å². The molecule has 1 heteroatoms. The summed E-state index contributed by atoms with van der Waals surface area (Å²) < 4.78 is 0. The van der Waals surface area contributed by atoms with Crippen LogP contribution < -0.4 is 0 Å². The van der Waals surface area contributed by atoms with Gasteiger partial charge in [-0.15, -0.1) is 0 Å². The van der Waals surface area contributed by atoms with Gasteiger partial charge >= 0.3 is 0 Å². The van der Waals surface area contributed by atoms with Gasteiger partial charge in [-0.1, -0.05) is 41.5 Å². The minimum Gasteiger partial charge on any atom is -0.303 e. The summed E-state index contributed by atoms with van der Waals surface area (Å²) in [6.07, 6.45) is 2.72. The van der Waals surface area contributed by atoms with Crippen molar-refractivity contribution < 1.29 is 0 Å². The van der Waals surface area contributed by atoms with Gasteiger partial charge in [0.25, 0.3) is 0 Å². The van der Waals surface area contributed by atoms with Crippen LogP contribution in [0.3, 0.4) is 0 Å². The Labute approximate surface area is 96.2 Å². The lowest BCUT2D eigenvalue weighted by Crippen LogP contribution is -2.29. The third kappa shape index (κ3) is 3.79. The van der Waals surface area contributed by atoms with E-state index in [0.717, 1.165) is 12.0 Å². The van der Waals surface area contributed by atoms with Crippen LogP contribution >= 0.6 is 0 Å². The monoisotopic (exact) mass is 211 g/mol. The molecule has 0 amide bonds. The fourth-order valence-electron chi connectivity index (χ4n) is 2.65. The van der Waals surface area contributed by atoms with E-state index in [9.17, 15) is 0 Å². The zero-order valence-corrected chi connectivity index (χ0v) is 11.7. The van der Waals surface area contributed by atoms with E-state index in [4.69, 9.17) is 0 Å². The van der Waals surface area contributed by atoms with Crippen molar-refractivity contribution in [3.05, 3.63) is 0 Å². The van der Waals surface area contributed by atoms with Crippen LogP contribution in [0.5, 0.6) is 0 Å². The zero-order valence-electron chi connectivity index (χ0n) is 11.7. The van der Waals surface area contributed by atoms with Crippen molar-refractivity contribution in [1.82, 2.24) is 4.90 Å². The lowest BCUT2D eigenvalue weighted by molar-refractivity contribution is 0.221. The van der Waals surface area contributed by atoms with E-state index in [1.165, 1.54) is 19.4 Å². The van der Waals surface area contributed by atoms with Crippen LogP contribution in [-0.4, -0.2) is 24.5 Å². The Balaban J connectivity index is 2.57. The molecule has 0 saturated carbocycles. The summed E-state index contributed by atoms with van der Waals surface area (Å²) in [5.74, 6) is 0.870. The fourth-order valence-corrected chi connectivity index (χ4v) is 2.65. The van der Waals surface area contributed by atoms with E-state index in [0.29, 0.717) is 10.8 Å². The Morgan fingerprint density at radius 3 is 1.93 bits per heavy atom. The molecule has 1 fully saturated rings. The quantitative estimate of drug-likeness (QED) is 0.638. The molecule has 2 unspecified atom stereocenters. The van der Waals surface area contributed by atoms with Crippen molar-refractivity contribution in [3.63, 3.8) is 0 Å². The largest absolute Gasteiger partial charge is 0.303 e. The van der Waals surface area contributed by atoms with Crippen LogP contribution in [0.25, 0.3) is 0 Å². The van der Waals surface area contributed by atoms with Crippen LogP contribution in [0.4, 0.5) is 0 Å². The molecule has 90 valence electrons. The summed E-state index contributed by atoms with van der Waals surface area (Å²) >= 11 is 0. The van der Waals surface area contributed by atoms with Gasteiger partial charge < -0.3 is 4.90 Å². The molecule has 1 rings (SSSR count). The SMILES string of the molecule is CN1CC(C(C)(C)C)CC1CC(C)(C)C. The first-order valence-corrected chi connectivity index (χ1v) is 6.30. The second-order valence-electron chi connectivity index (χ2n) is 7.66. The van der Waals surface area contributed by atoms with E-state index in [2.05, 4.69) is 53.5 Å². The highest BCUT2D eigenvalue weighted by Crippen LogP contribution is 2.39. The molecule has 0 aliphatic carbocycles. The lowest BCUT2D eigenvalue weighted by atomic mass is 9.78. The highest BCUT2D eigenvalue weighted by Gasteiger charge is 2.37. The minimum absolute atomic E-state index is 0.464. The standard InChI is InChI=1S/C14H29N/c1-13(2,3)9-12-8-11(10-15(12)7)14(4,5)6/h11-12H,8-10H2,1-7H3. The van der Waals surface area contributed by atoms with Gasteiger partial charge in [0.15, 0.2) is 0 Å². The molecule has 1 aliphatic heterocycles. The minimum atomic E-state index is 0.464. The zero-order chi connectivity index (χ0) is 11.9. The molecule has 0 aromatic heterocycles. The van der Waals surface area contributed by atoms with Crippen LogP contribution in [0, 0.1) is 16.7 Å². The Morgan fingerprint density at radius 1 is 1.07 bits per heavy atom. The number of hydrogen-bond acceptors (Lipinski definition) is 1. The Bertz CT molecular complexity index is 206. The molecule has 2 atom stereocenters. The summed E-state index contributed by atoms with van der Waals surface area (Å²) in [6, 6.07) is 0.800. The average Bonchev–Trinajstić information content (AvgIpc) is 2.27. The molecule has 1 nitrogen and oxygen atoms in total. The van der Waals surface area contributed by atoms with Gasteiger partial charge in [-0.3, -0.25) is 0 Å². The first-order chi connectivity index (χ1) is 6.59. The Hall–Kier alpha value is -0.0400. The summed E-state index contributed by atoms with van der Waals surface area (Å²) in [7, 11) is 2.29. The van der Waals surface area contributed by atoms with Gasteiger partial charge in [-0.25, -0.2) is 0 Å². The Kier molecular flexibility index (Phi) is 3.55. The van der Waals surface area contributed by atoms with Gasteiger partial charge in [0.1, 0.15) is 0 Å². The molecule has 0 aromatic carbocycles. The Morgan fingerprint density at radius 2 is 1.60 bits per heavy atom. The fraction of sp³-hybridized carbons (Fsp3) is 1.00. The first-order valence-electron chi connectivity index (χ1n) is 6.30. The van der Waals surface area contributed by atoms with Gasteiger partial charge in [-0.2, -0.15) is 0 Å². The average molecular weight is 211 g/mol. The van der Waals surface area contributed by atoms with Crippen molar-refractivity contribution >= 4 is 0 Å². The molecule has 0 radical (unpaired) electrons. The van der Waals surface area contributed by atoms with E-state index in [1.54, 1.807) is 0 Å². The van der Waals surface area contributed by atoms with Gasteiger partial charge in [0, 0.05) is 12.6 Å². The predicted octanol–water partition coefficient (Wildman–Crippen LogP) is 3.79. The predicted molar refractivity (Wildman–Crippen MR) is 68.1 cm³/mol. The molecule has 0 N–H and O–H groups in total. The first kappa shape index (κ1) is 13.0. The molecule has 1 heterocycles. The van der Waals surface area contributed by atoms with E-state index >= 15 is 0 Å². The summed E-state index contributed by atoms with van der Waals surface area (Å²) in [5.41, 5.74) is 0.937. The lowest BCUT2D eigenvalue weighted by Gasteiger charge is -2.28. The molecular formula is C14H29N. The highest BCUT2D eigenvalue weighted by molar-refractivity contribution is 4.90. The second kappa shape index (κ2) is 4.08. The number of nitrogens with zero attached hydrogens (tertiary/aromatic N) is 1. The third-order valence-electron chi connectivity index (χ3n) is 3.76. The smallest absolute Gasteiger partial charge is 0.0101 e. The maximum atomic E-state index is 2.57. The summed E-state index contributed by atoms with van der Waals surface area (Å²) in [4.78, 5) is 2.57. The molecule has 0 spiro atoms. The van der Waals surface area contributed by atoms with Crippen molar-refractivity contribution in [2.24, 2.45) is 16.7 Å². The van der Waals surface area contributed by atoms with Crippen LogP contribution in [0.15, 0.2) is 0 Å². The van der Waals surface area contributed by atoms with Crippen molar-refractivity contribution in [2.45, 2.75) is 60.4 Å². The van der Waals surface area contributed by atoms with Gasteiger partial charge in [0.2, 0.25) is 0 Å². The molecule has 0 aromatic rings. The maximum Gasteiger partial charge on any atom is 0.0101 e. The van der Waals surface area contributed by atoms with Crippen LogP contribution in [0.1, 0.15) is 54.4 Å². The van der Waals surface area contributed by atoms with Crippen molar-refractivity contribution in [3.8, 4) is 0 Å². The maximum absolute atomic E-state index is 2.57. The second-order valence-corrected chi connectivity index (χ2v) is 7.66. The van der Waals surface area contributed by atoms with Crippen molar-refractivity contribution in [2.75, 3.05) is 13.6 Å².